The average Bonchev–Trinajstić information content (AvgIpc) is 3.16. The summed E-state index contributed by atoms with van der Waals surface area (Å²) in [4.78, 5) is 17.2. The first-order valence-corrected chi connectivity index (χ1v) is 9.69. The molecule has 1 atom stereocenters. The summed E-state index contributed by atoms with van der Waals surface area (Å²) >= 11 is 6.05. The highest BCUT2D eigenvalue weighted by molar-refractivity contribution is 6.30. The summed E-state index contributed by atoms with van der Waals surface area (Å²) in [6.07, 6.45) is -0.0429. The molecule has 3 aromatic carbocycles. The Morgan fingerprint density at radius 3 is 2.69 bits per heavy atom. The number of anilines is 1. The summed E-state index contributed by atoms with van der Waals surface area (Å²) in [6.45, 7) is 1.91. The molecule has 0 fully saturated rings. The molecule has 1 heterocycles. The van der Waals surface area contributed by atoms with E-state index in [1.165, 1.54) is 0 Å². The summed E-state index contributed by atoms with van der Waals surface area (Å²) in [5.41, 5.74) is 2.70. The molecular formula is C23H19ClN2O3. The number of halogens is 1. The number of hydrogen-bond acceptors (Lipinski definition) is 4. The number of amides is 1. The number of nitrogens with zero attached hydrogens (tertiary/aromatic N) is 1. The Hall–Kier alpha value is -3.31. The number of para-hydroxylation sites is 1. The van der Waals surface area contributed by atoms with Gasteiger partial charge in [0.05, 0.1) is 0 Å². The van der Waals surface area contributed by atoms with E-state index in [4.69, 9.17) is 20.8 Å². The van der Waals surface area contributed by atoms with Gasteiger partial charge in [0.1, 0.15) is 11.3 Å². The van der Waals surface area contributed by atoms with Gasteiger partial charge in [-0.15, -0.1) is 0 Å². The molecule has 146 valence electrons. The van der Waals surface area contributed by atoms with Crippen LogP contribution in [0.2, 0.25) is 5.02 Å². The van der Waals surface area contributed by atoms with Crippen molar-refractivity contribution in [2.75, 3.05) is 5.32 Å². The quantitative estimate of drug-likeness (QED) is 0.430. The van der Waals surface area contributed by atoms with Gasteiger partial charge in [0.2, 0.25) is 5.89 Å². The summed E-state index contributed by atoms with van der Waals surface area (Å²) in [6, 6.07) is 22.0. The van der Waals surface area contributed by atoms with E-state index >= 15 is 0 Å². The molecule has 4 rings (SSSR count). The summed E-state index contributed by atoms with van der Waals surface area (Å²) in [7, 11) is 0. The molecule has 0 saturated carbocycles. The van der Waals surface area contributed by atoms with E-state index in [2.05, 4.69) is 10.3 Å². The number of benzene rings is 3. The number of ether oxygens (including phenoxy) is 1. The highest BCUT2D eigenvalue weighted by Gasteiger charge is 2.19. The van der Waals surface area contributed by atoms with Crippen molar-refractivity contribution >= 4 is 34.3 Å². The van der Waals surface area contributed by atoms with Gasteiger partial charge in [0.15, 0.2) is 11.7 Å². The van der Waals surface area contributed by atoms with Gasteiger partial charge in [-0.25, -0.2) is 4.98 Å². The van der Waals surface area contributed by atoms with Gasteiger partial charge in [-0.2, -0.15) is 0 Å². The number of hydrogen-bond donors (Lipinski definition) is 1. The van der Waals surface area contributed by atoms with Gasteiger partial charge in [-0.05, 0) is 55.0 Å². The molecule has 5 nitrogen and oxygen atoms in total. The second-order valence-corrected chi connectivity index (χ2v) is 6.97. The molecule has 0 radical (unpaired) electrons. The van der Waals surface area contributed by atoms with Crippen LogP contribution in [0.1, 0.15) is 13.3 Å². The fourth-order valence-electron chi connectivity index (χ4n) is 2.96. The van der Waals surface area contributed by atoms with Crippen molar-refractivity contribution in [2.45, 2.75) is 19.4 Å². The first-order valence-electron chi connectivity index (χ1n) is 9.31. The smallest absolute Gasteiger partial charge is 0.265 e. The minimum atomic E-state index is -0.590. The average molecular weight is 407 g/mol. The number of aromatic nitrogens is 1. The van der Waals surface area contributed by atoms with Gasteiger partial charge < -0.3 is 14.5 Å². The highest BCUT2D eigenvalue weighted by atomic mass is 35.5. The monoisotopic (exact) mass is 406 g/mol. The van der Waals surface area contributed by atoms with Crippen LogP contribution in [-0.2, 0) is 4.79 Å². The molecule has 4 aromatic rings. The predicted octanol–water partition coefficient (Wildman–Crippen LogP) is 5.94. The number of rotatable bonds is 6. The van der Waals surface area contributed by atoms with E-state index in [0.29, 0.717) is 39.9 Å². The number of carbonyl (C=O) groups excluding carboxylic acids is 1. The van der Waals surface area contributed by atoms with E-state index in [1.54, 1.807) is 30.3 Å². The minimum Gasteiger partial charge on any atom is -0.481 e. The van der Waals surface area contributed by atoms with Crippen molar-refractivity contribution < 1.29 is 13.9 Å². The fourth-order valence-corrected chi connectivity index (χ4v) is 3.15. The Labute approximate surface area is 173 Å². The number of oxazole rings is 1. The zero-order chi connectivity index (χ0) is 20.2. The van der Waals surface area contributed by atoms with Crippen LogP contribution in [0.3, 0.4) is 0 Å². The summed E-state index contributed by atoms with van der Waals surface area (Å²) < 4.78 is 11.6. The second kappa shape index (κ2) is 8.37. The van der Waals surface area contributed by atoms with Gasteiger partial charge in [0, 0.05) is 16.3 Å². The fraction of sp³-hybridized carbons (Fsp3) is 0.130. The van der Waals surface area contributed by atoms with E-state index in [-0.39, 0.29) is 5.91 Å². The zero-order valence-electron chi connectivity index (χ0n) is 15.8. The van der Waals surface area contributed by atoms with Crippen molar-refractivity contribution in [2.24, 2.45) is 0 Å². The van der Waals surface area contributed by atoms with E-state index in [0.717, 1.165) is 5.56 Å². The number of fused-ring (bicyclic) bond motifs is 1. The first kappa shape index (κ1) is 19.0. The molecule has 0 bridgehead atoms. The molecule has 1 unspecified atom stereocenters. The standard InChI is InChI=1S/C23H19ClN2O3/c1-2-20(28-18-9-4-3-5-10-18)22(27)25-17-11-12-21-19(14-17)26-23(29-21)15-7-6-8-16(24)13-15/h3-14,20H,2H2,1H3,(H,25,27). The first-order chi connectivity index (χ1) is 14.1. The molecule has 29 heavy (non-hydrogen) atoms. The Bertz CT molecular complexity index is 1140. The van der Waals surface area contributed by atoms with Gasteiger partial charge in [0.25, 0.3) is 5.91 Å². The third kappa shape index (κ3) is 4.41. The van der Waals surface area contributed by atoms with Crippen LogP contribution in [0.25, 0.3) is 22.6 Å². The van der Waals surface area contributed by atoms with E-state index < -0.39 is 6.10 Å². The molecular weight excluding hydrogens is 388 g/mol. The second-order valence-electron chi connectivity index (χ2n) is 6.53. The van der Waals surface area contributed by atoms with Crippen molar-refractivity contribution in [3.8, 4) is 17.2 Å². The topological polar surface area (TPSA) is 64.4 Å². The van der Waals surface area contributed by atoms with E-state index in [1.807, 2.05) is 49.4 Å². The molecule has 1 aromatic heterocycles. The van der Waals surface area contributed by atoms with Crippen LogP contribution in [0.4, 0.5) is 5.69 Å². The summed E-state index contributed by atoms with van der Waals surface area (Å²) in [5.74, 6) is 0.923. The Morgan fingerprint density at radius 1 is 1.10 bits per heavy atom. The lowest BCUT2D eigenvalue weighted by Crippen LogP contribution is -2.32. The Balaban J connectivity index is 1.52. The van der Waals surface area contributed by atoms with Crippen molar-refractivity contribution in [3.05, 3.63) is 77.8 Å². The Kier molecular flexibility index (Phi) is 5.49. The van der Waals surface area contributed by atoms with Gasteiger partial charge >= 0.3 is 0 Å². The van der Waals surface area contributed by atoms with Crippen molar-refractivity contribution in [3.63, 3.8) is 0 Å². The van der Waals surface area contributed by atoms with Crippen LogP contribution in [0.5, 0.6) is 5.75 Å². The van der Waals surface area contributed by atoms with Gasteiger partial charge in [-0.1, -0.05) is 42.8 Å². The maximum atomic E-state index is 12.7. The summed E-state index contributed by atoms with van der Waals surface area (Å²) in [5, 5.41) is 3.51. The van der Waals surface area contributed by atoms with Crippen LogP contribution in [-0.4, -0.2) is 17.0 Å². The number of nitrogens with one attached hydrogen (secondary N) is 1. The molecule has 6 heteroatoms. The SMILES string of the molecule is CCC(Oc1ccccc1)C(=O)Nc1ccc2oc(-c3cccc(Cl)c3)nc2c1. The zero-order valence-corrected chi connectivity index (χ0v) is 16.5. The normalized spacial score (nSPS) is 11.9. The lowest BCUT2D eigenvalue weighted by molar-refractivity contribution is -0.122. The van der Waals surface area contributed by atoms with E-state index in [9.17, 15) is 4.79 Å². The maximum Gasteiger partial charge on any atom is 0.265 e. The lowest BCUT2D eigenvalue weighted by atomic mass is 10.2. The highest BCUT2D eigenvalue weighted by Crippen LogP contribution is 2.28. The molecule has 0 saturated heterocycles. The maximum absolute atomic E-state index is 12.7. The molecule has 0 aliphatic rings. The predicted molar refractivity (Wildman–Crippen MR) is 114 cm³/mol. The minimum absolute atomic E-state index is 0.214. The lowest BCUT2D eigenvalue weighted by Gasteiger charge is -2.17. The van der Waals surface area contributed by atoms with Crippen LogP contribution >= 0.6 is 11.6 Å². The Morgan fingerprint density at radius 2 is 1.93 bits per heavy atom. The van der Waals surface area contributed by atoms with Crippen LogP contribution in [0.15, 0.2) is 77.2 Å². The molecule has 1 N–H and O–H groups in total. The van der Waals surface area contributed by atoms with Gasteiger partial charge in [-0.3, -0.25) is 4.79 Å². The van der Waals surface area contributed by atoms with Crippen LogP contribution < -0.4 is 10.1 Å². The molecule has 0 aliphatic carbocycles. The molecule has 1 amide bonds. The van der Waals surface area contributed by atoms with Crippen molar-refractivity contribution in [1.29, 1.82) is 0 Å². The number of carbonyl (C=O) groups is 1. The third-order valence-electron chi connectivity index (χ3n) is 4.41. The molecule has 0 aliphatic heterocycles. The van der Waals surface area contributed by atoms with Crippen LogP contribution in [0, 0.1) is 0 Å². The van der Waals surface area contributed by atoms with Crippen molar-refractivity contribution in [1.82, 2.24) is 4.98 Å². The third-order valence-corrected chi connectivity index (χ3v) is 4.65. The molecule has 0 spiro atoms. The largest absolute Gasteiger partial charge is 0.481 e.